The second kappa shape index (κ2) is 6.53. The molecule has 0 spiro atoms. The topological polar surface area (TPSA) is 41.9 Å². The van der Waals surface area contributed by atoms with Crippen LogP contribution in [0.5, 0.6) is 0 Å². The molecule has 4 nitrogen and oxygen atoms in total. The van der Waals surface area contributed by atoms with Crippen LogP contribution in [0.1, 0.15) is 46.5 Å². The Labute approximate surface area is 117 Å². The van der Waals surface area contributed by atoms with Crippen molar-refractivity contribution in [1.29, 1.82) is 0 Å². The summed E-state index contributed by atoms with van der Waals surface area (Å²) in [6.07, 6.45) is 4.94. The summed E-state index contributed by atoms with van der Waals surface area (Å²) in [7, 11) is 0. The minimum Gasteiger partial charge on any atom is -0.389 e. The molecule has 0 aromatic rings. The van der Waals surface area contributed by atoms with Gasteiger partial charge in [-0.05, 0) is 33.6 Å². The molecule has 2 rings (SSSR count). The SMILES string of the molecule is CC(C)(C)OCC(O)CN1CCOC2CCCCC21. The summed E-state index contributed by atoms with van der Waals surface area (Å²) in [4.78, 5) is 2.41. The van der Waals surface area contributed by atoms with Gasteiger partial charge in [-0.2, -0.15) is 0 Å². The lowest BCUT2D eigenvalue weighted by Crippen LogP contribution is -2.55. The standard InChI is InChI=1S/C15H29NO3/c1-15(2,3)19-11-12(17)10-16-8-9-18-14-7-5-4-6-13(14)16/h12-14,17H,4-11H2,1-3H3. The number of nitrogens with zero attached hydrogens (tertiary/aromatic N) is 1. The third-order valence-corrected chi connectivity index (χ3v) is 4.00. The molecule has 19 heavy (non-hydrogen) atoms. The predicted molar refractivity (Wildman–Crippen MR) is 75.3 cm³/mol. The van der Waals surface area contributed by atoms with Crippen LogP contribution in [0.3, 0.4) is 0 Å². The monoisotopic (exact) mass is 271 g/mol. The number of rotatable bonds is 4. The van der Waals surface area contributed by atoms with E-state index in [1.807, 2.05) is 20.8 Å². The molecule has 0 bridgehead atoms. The Balaban J connectivity index is 1.80. The van der Waals surface area contributed by atoms with Gasteiger partial charge in [0, 0.05) is 19.1 Å². The van der Waals surface area contributed by atoms with Crippen molar-refractivity contribution >= 4 is 0 Å². The molecule has 2 fully saturated rings. The molecule has 1 aliphatic heterocycles. The maximum Gasteiger partial charge on any atom is 0.0900 e. The molecule has 0 amide bonds. The second-order valence-electron chi connectivity index (χ2n) is 6.83. The molecular formula is C15H29NO3. The Hall–Kier alpha value is -0.160. The number of morpholine rings is 1. The summed E-state index contributed by atoms with van der Waals surface area (Å²) in [5.41, 5.74) is -0.181. The van der Waals surface area contributed by atoms with E-state index in [1.54, 1.807) is 0 Å². The van der Waals surface area contributed by atoms with Crippen molar-refractivity contribution in [3.8, 4) is 0 Å². The summed E-state index contributed by atoms with van der Waals surface area (Å²) in [5.74, 6) is 0. The van der Waals surface area contributed by atoms with Crippen molar-refractivity contribution in [3.63, 3.8) is 0 Å². The van der Waals surface area contributed by atoms with E-state index in [2.05, 4.69) is 4.90 Å². The maximum atomic E-state index is 10.1. The molecule has 3 atom stereocenters. The van der Waals surface area contributed by atoms with Crippen molar-refractivity contribution in [2.24, 2.45) is 0 Å². The zero-order chi connectivity index (χ0) is 13.9. The number of aliphatic hydroxyl groups excluding tert-OH is 1. The highest BCUT2D eigenvalue weighted by atomic mass is 16.5. The second-order valence-corrected chi connectivity index (χ2v) is 6.83. The molecule has 1 heterocycles. The van der Waals surface area contributed by atoms with Crippen LogP contribution in [0.25, 0.3) is 0 Å². The lowest BCUT2D eigenvalue weighted by atomic mass is 9.90. The fourth-order valence-corrected chi connectivity index (χ4v) is 3.07. The summed E-state index contributed by atoms with van der Waals surface area (Å²) < 4.78 is 11.5. The van der Waals surface area contributed by atoms with E-state index in [0.717, 1.165) is 13.2 Å². The molecule has 3 unspecified atom stereocenters. The fraction of sp³-hybridized carbons (Fsp3) is 1.00. The van der Waals surface area contributed by atoms with Gasteiger partial charge in [-0.1, -0.05) is 12.8 Å². The molecule has 1 N–H and O–H groups in total. The van der Waals surface area contributed by atoms with Crippen LogP contribution in [-0.4, -0.2) is 60.2 Å². The third-order valence-electron chi connectivity index (χ3n) is 4.00. The molecule has 0 aromatic carbocycles. The summed E-state index contributed by atoms with van der Waals surface area (Å²) in [6.45, 7) is 8.92. The van der Waals surface area contributed by atoms with Gasteiger partial charge in [0.2, 0.25) is 0 Å². The first kappa shape index (κ1) is 15.2. The zero-order valence-corrected chi connectivity index (χ0v) is 12.6. The van der Waals surface area contributed by atoms with E-state index in [4.69, 9.17) is 9.47 Å². The highest BCUT2D eigenvalue weighted by Gasteiger charge is 2.34. The average Bonchev–Trinajstić information content (AvgIpc) is 2.36. The number of fused-ring (bicyclic) bond motifs is 1. The Morgan fingerprint density at radius 1 is 1.32 bits per heavy atom. The van der Waals surface area contributed by atoms with Gasteiger partial charge in [0.05, 0.1) is 31.0 Å². The predicted octanol–water partition coefficient (Wildman–Crippen LogP) is 1.81. The van der Waals surface area contributed by atoms with Gasteiger partial charge >= 0.3 is 0 Å². The largest absolute Gasteiger partial charge is 0.389 e. The quantitative estimate of drug-likeness (QED) is 0.847. The van der Waals surface area contributed by atoms with Gasteiger partial charge < -0.3 is 14.6 Å². The average molecular weight is 271 g/mol. The van der Waals surface area contributed by atoms with E-state index < -0.39 is 6.10 Å². The van der Waals surface area contributed by atoms with Crippen molar-refractivity contribution in [3.05, 3.63) is 0 Å². The molecule has 0 radical (unpaired) electrons. The minimum atomic E-state index is -0.403. The van der Waals surface area contributed by atoms with Crippen LogP contribution in [0.4, 0.5) is 0 Å². The normalized spacial score (nSPS) is 30.9. The van der Waals surface area contributed by atoms with Gasteiger partial charge in [-0.3, -0.25) is 4.90 Å². The first-order chi connectivity index (χ1) is 8.96. The Morgan fingerprint density at radius 3 is 2.79 bits per heavy atom. The highest BCUT2D eigenvalue weighted by molar-refractivity contribution is 4.88. The highest BCUT2D eigenvalue weighted by Crippen LogP contribution is 2.28. The number of hydrogen-bond donors (Lipinski definition) is 1. The summed E-state index contributed by atoms with van der Waals surface area (Å²) in [5, 5.41) is 10.1. The fourth-order valence-electron chi connectivity index (χ4n) is 3.07. The van der Waals surface area contributed by atoms with Crippen LogP contribution in [0.15, 0.2) is 0 Å². The van der Waals surface area contributed by atoms with Crippen LogP contribution >= 0.6 is 0 Å². The van der Waals surface area contributed by atoms with Crippen LogP contribution in [0, 0.1) is 0 Å². The van der Waals surface area contributed by atoms with Crippen LogP contribution in [0.2, 0.25) is 0 Å². The number of hydrogen-bond acceptors (Lipinski definition) is 4. The Bertz CT molecular complexity index is 275. The first-order valence-electron chi connectivity index (χ1n) is 7.63. The molecule has 1 aliphatic carbocycles. The van der Waals surface area contributed by atoms with Crippen molar-refractivity contribution < 1.29 is 14.6 Å². The smallest absolute Gasteiger partial charge is 0.0900 e. The number of ether oxygens (including phenoxy) is 2. The van der Waals surface area contributed by atoms with Crippen LogP contribution in [-0.2, 0) is 9.47 Å². The summed E-state index contributed by atoms with van der Waals surface area (Å²) >= 11 is 0. The molecular weight excluding hydrogens is 242 g/mol. The van der Waals surface area contributed by atoms with Gasteiger partial charge in [0.1, 0.15) is 0 Å². The summed E-state index contributed by atoms with van der Waals surface area (Å²) in [6, 6.07) is 0.506. The molecule has 4 heteroatoms. The molecule has 1 saturated carbocycles. The molecule has 2 aliphatic rings. The van der Waals surface area contributed by atoms with Crippen molar-refractivity contribution in [1.82, 2.24) is 4.90 Å². The number of β-amino-alcohol motifs (C(OH)–C–C–N with tert-alkyl or cyclic N) is 1. The zero-order valence-electron chi connectivity index (χ0n) is 12.6. The first-order valence-corrected chi connectivity index (χ1v) is 7.63. The molecule has 112 valence electrons. The lowest BCUT2D eigenvalue weighted by molar-refractivity contribution is -0.110. The van der Waals surface area contributed by atoms with E-state index in [0.29, 0.717) is 25.3 Å². The van der Waals surface area contributed by atoms with E-state index >= 15 is 0 Å². The van der Waals surface area contributed by atoms with Gasteiger partial charge in [0.15, 0.2) is 0 Å². The van der Waals surface area contributed by atoms with E-state index in [-0.39, 0.29) is 5.60 Å². The van der Waals surface area contributed by atoms with Gasteiger partial charge in [-0.25, -0.2) is 0 Å². The lowest BCUT2D eigenvalue weighted by Gasteiger charge is -2.44. The molecule has 0 aromatic heterocycles. The maximum absolute atomic E-state index is 10.1. The van der Waals surface area contributed by atoms with E-state index in [1.165, 1.54) is 25.7 Å². The Kier molecular flexibility index (Phi) is 5.23. The Morgan fingerprint density at radius 2 is 2.05 bits per heavy atom. The van der Waals surface area contributed by atoms with Crippen molar-refractivity contribution in [2.45, 2.75) is 70.3 Å². The number of aliphatic hydroxyl groups is 1. The minimum absolute atomic E-state index is 0.181. The van der Waals surface area contributed by atoms with Crippen LogP contribution < -0.4 is 0 Å². The van der Waals surface area contributed by atoms with E-state index in [9.17, 15) is 5.11 Å². The van der Waals surface area contributed by atoms with Crippen molar-refractivity contribution in [2.75, 3.05) is 26.3 Å². The molecule has 1 saturated heterocycles. The van der Waals surface area contributed by atoms with Gasteiger partial charge in [0.25, 0.3) is 0 Å². The third kappa shape index (κ3) is 4.71. The van der Waals surface area contributed by atoms with Gasteiger partial charge in [-0.15, -0.1) is 0 Å².